The Morgan fingerprint density at radius 1 is 0.968 bits per heavy atom. The molecule has 0 saturated heterocycles. The van der Waals surface area contributed by atoms with Gasteiger partial charge in [0.05, 0.1) is 22.5 Å². The second-order valence-corrected chi connectivity index (χ2v) is 18.6. The summed E-state index contributed by atoms with van der Waals surface area (Å²) in [5.74, 6) is 2.39. The number of pyridine rings is 1. The molecule has 1 aromatic carbocycles. The standard InChI is InChI=1S/C38H52FN5O.C7H16.C6H12O.C4H10/c1-10-17-38(18-11-2)30-16-15-28(23-35(30)44(37(38)45)29-21-27(13-4)22-29)33-24-32(40-19-12-3)26(7)36(41-33)42-34(31(39)14-5)20-25(6)43(8)9;1-3-5-7-6-4-2;1-4-5(2)6(3)7;1-4(2)3/h14-16,19-20,23-24,27,29H,5,10-13,17-18,21-22H2,1-4,6-9H3,(H,41,42);3-7H2,1-2H3;5H,4H2,1-3H3;4H,1-3H3/b25-20+,34-31-,40-19?;;;. The lowest BCUT2D eigenvalue weighted by Crippen LogP contribution is -2.50. The summed E-state index contributed by atoms with van der Waals surface area (Å²) in [5, 5.41) is 3.25. The van der Waals surface area contributed by atoms with Crippen molar-refractivity contribution in [3.63, 3.8) is 0 Å². The van der Waals surface area contributed by atoms with Crippen LogP contribution >= 0.6 is 0 Å². The Kier molecular flexibility index (Phi) is 26.6. The van der Waals surface area contributed by atoms with Gasteiger partial charge in [0.25, 0.3) is 0 Å². The first-order valence-electron chi connectivity index (χ1n) is 24.6. The van der Waals surface area contributed by atoms with Crippen molar-refractivity contribution in [1.82, 2.24) is 9.88 Å². The quantitative estimate of drug-likeness (QED) is 0.0815. The van der Waals surface area contributed by atoms with Gasteiger partial charge in [0, 0.05) is 54.8 Å². The lowest BCUT2D eigenvalue weighted by atomic mass is 9.73. The molecule has 1 aliphatic carbocycles. The molecular formula is C55H90FN5O2. The second kappa shape index (κ2) is 29.4. The SMILES string of the molecule is C=C/C(F)=C(\C=C(/C)N(C)C)Nc1nc(-c2ccc3c(c2)N(C2CC(CC)C2)C(=O)C3(CCC)CCC)cc(N=CCC)c1C.CC(C)C.CCC(C)C(C)=O.CCCCCCC. The third-order valence-electron chi connectivity index (χ3n) is 12.1. The van der Waals surface area contributed by atoms with E-state index < -0.39 is 11.2 Å². The lowest BCUT2D eigenvalue weighted by molar-refractivity contribution is -0.125. The zero-order valence-electron chi connectivity index (χ0n) is 42.9. The number of rotatable bonds is 20. The predicted molar refractivity (Wildman–Crippen MR) is 273 cm³/mol. The summed E-state index contributed by atoms with van der Waals surface area (Å²) >= 11 is 0. The molecule has 1 N–H and O–H groups in total. The van der Waals surface area contributed by atoms with Crippen LogP contribution in [0.2, 0.25) is 0 Å². The van der Waals surface area contributed by atoms with Crippen LogP contribution in [0.25, 0.3) is 11.3 Å². The largest absolute Gasteiger partial charge is 0.381 e. The van der Waals surface area contributed by atoms with Crippen LogP contribution in [-0.4, -0.2) is 47.9 Å². The van der Waals surface area contributed by atoms with Gasteiger partial charge in [-0.2, -0.15) is 0 Å². The normalized spacial score (nSPS) is 17.3. The minimum absolute atomic E-state index is 0.237. The molecule has 1 fully saturated rings. The van der Waals surface area contributed by atoms with Gasteiger partial charge < -0.3 is 15.1 Å². The molecule has 1 aromatic heterocycles. The zero-order valence-corrected chi connectivity index (χ0v) is 42.9. The molecule has 7 nitrogen and oxygen atoms in total. The molecule has 0 radical (unpaired) electrons. The van der Waals surface area contributed by atoms with E-state index in [-0.39, 0.29) is 23.6 Å². The molecule has 0 bridgehead atoms. The number of amides is 1. The number of nitrogens with zero attached hydrogens (tertiary/aromatic N) is 4. The molecule has 2 heterocycles. The predicted octanol–water partition coefficient (Wildman–Crippen LogP) is 16.0. The first-order valence-corrected chi connectivity index (χ1v) is 24.6. The summed E-state index contributed by atoms with van der Waals surface area (Å²) in [7, 11) is 3.83. The Morgan fingerprint density at radius 2 is 1.56 bits per heavy atom. The summed E-state index contributed by atoms with van der Waals surface area (Å²) in [6.45, 7) is 32.7. The van der Waals surface area contributed by atoms with E-state index in [2.05, 4.69) is 90.4 Å². The minimum atomic E-state index is -0.475. The highest BCUT2D eigenvalue weighted by Crippen LogP contribution is 2.52. The number of ketones is 1. The molecule has 1 atom stereocenters. The van der Waals surface area contributed by atoms with Crippen LogP contribution in [0, 0.1) is 24.7 Å². The van der Waals surface area contributed by atoms with Crippen molar-refractivity contribution in [2.75, 3.05) is 24.3 Å². The van der Waals surface area contributed by atoms with E-state index in [0.717, 1.165) is 103 Å². The molecular weight excluding hydrogens is 782 g/mol. The van der Waals surface area contributed by atoms with Gasteiger partial charge in [-0.25, -0.2) is 9.37 Å². The molecule has 354 valence electrons. The van der Waals surface area contributed by atoms with Gasteiger partial charge in [-0.15, -0.1) is 0 Å². The van der Waals surface area contributed by atoms with Crippen molar-refractivity contribution >= 4 is 35.1 Å². The number of allylic oxidation sites excluding steroid dienone is 4. The topological polar surface area (TPSA) is 77.9 Å². The highest BCUT2D eigenvalue weighted by molar-refractivity contribution is 6.09. The average Bonchev–Trinajstić information content (AvgIpc) is 3.45. The minimum Gasteiger partial charge on any atom is -0.381 e. The Hall–Kier alpha value is -4.07. The number of unbranched alkanes of at least 4 members (excludes halogenated alkanes) is 4. The van der Waals surface area contributed by atoms with Crippen LogP contribution in [0.5, 0.6) is 0 Å². The molecule has 63 heavy (non-hydrogen) atoms. The highest BCUT2D eigenvalue weighted by atomic mass is 19.1. The number of Topliss-reactive ketones (excluding diaryl/α,β-unsaturated/α-hetero) is 1. The maximum absolute atomic E-state index is 15.1. The number of fused-ring (bicyclic) bond motifs is 1. The first-order chi connectivity index (χ1) is 29.9. The zero-order chi connectivity index (χ0) is 47.9. The van der Waals surface area contributed by atoms with Gasteiger partial charge in [0.1, 0.15) is 17.4 Å². The van der Waals surface area contributed by atoms with Crippen LogP contribution in [0.4, 0.5) is 21.6 Å². The van der Waals surface area contributed by atoms with Gasteiger partial charge >= 0.3 is 0 Å². The molecule has 1 saturated carbocycles. The van der Waals surface area contributed by atoms with Crippen molar-refractivity contribution in [3.8, 4) is 11.3 Å². The van der Waals surface area contributed by atoms with Gasteiger partial charge in [-0.05, 0) is 101 Å². The number of anilines is 2. The van der Waals surface area contributed by atoms with Crippen molar-refractivity contribution in [3.05, 3.63) is 71.3 Å². The molecule has 2 aliphatic rings. The molecule has 1 amide bonds. The molecule has 1 aliphatic heterocycles. The van der Waals surface area contributed by atoms with Crippen molar-refractivity contribution in [2.24, 2.45) is 22.7 Å². The van der Waals surface area contributed by atoms with Gasteiger partial charge in [-0.3, -0.25) is 14.6 Å². The van der Waals surface area contributed by atoms with Crippen LogP contribution < -0.4 is 10.2 Å². The number of aromatic nitrogens is 1. The van der Waals surface area contributed by atoms with Crippen molar-refractivity contribution < 1.29 is 14.0 Å². The first kappa shape index (κ1) is 56.9. The van der Waals surface area contributed by atoms with E-state index >= 15 is 4.39 Å². The van der Waals surface area contributed by atoms with E-state index in [1.54, 1.807) is 13.0 Å². The van der Waals surface area contributed by atoms with E-state index in [0.29, 0.717) is 17.5 Å². The second-order valence-electron chi connectivity index (χ2n) is 18.6. The average molecular weight is 872 g/mol. The maximum Gasteiger partial charge on any atom is 0.237 e. The number of carbonyl (C=O) groups is 2. The Morgan fingerprint density at radius 3 is 2.00 bits per heavy atom. The third-order valence-corrected chi connectivity index (χ3v) is 12.1. The van der Waals surface area contributed by atoms with Crippen LogP contribution in [0.15, 0.2) is 65.2 Å². The number of halogens is 1. The smallest absolute Gasteiger partial charge is 0.237 e. The number of hydrogen-bond acceptors (Lipinski definition) is 6. The number of carbonyl (C=O) groups excluding carboxylic acids is 2. The molecule has 4 rings (SSSR count). The van der Waals surface area contributed by atoms with E-state index in [1.807, 2.05) is 65.9 Å². The van der Waals surface area contributed by atoms with Gasteiger partial charge in [0.15, 0.2) is 0 Å². The summed E-state index contributed by atoms with van der Waals surface area (Å²) in [6.07, 6.45) is 20.5. The lowest BCUT2D eigenvalue weighted by Gasteiger charge is -2.42. The number of benzene rings is 1. The number of nitrogens with one attached hydrogen (secondary N) is 1. The van der Waals surface area contributed by atoms with E-state index in [9.17, 15) is 9.59 Å². The van der Waals surface area contributed by atoms with Crippen LogP contribution in [0.3, 0.4) is 0 Å². The van der Waals surface area contributed by atoms with Crippen molar-refractivity contribution in [2.45, 2.75) is 198 Å². The molecule has 0 spiro atoms. The summed E-state index contributed by atoms with van der Waals surface area (Å²) < 4.78 is 15.1. The number of hydrogen-bond donors (Lipinski definition) is 1. The molecule has 2 aromatic rings. The highest BCUT2D eigenvalue weighted by Gasteiger charge is 2.53. The Labute approximate surface area is 385 Å². The summed E-state index contributed by atoms with van der Waals surface area (Å²) in [5.41, 5.74) is 6.06. The van der Waals surface area contributed by atoms with Gasteiger partial charge in [0.2, 0.25) is 5.91 Å². The molecule has 1 unspecified atom stereocenters. The number of aliphatic imine (C=N–C) groups is 1. The fraction of sp³-hybridized carbons (Fsp3) is 0.636. The van der Waals surface area contributed by atoms with Gasteiger partial charge in [-0.1, -0.05) is 146 Å². The third kappa shape index (κ3) is 17.1. The monoisotopic (exact) mass is 872 g/mol. The van der Waals surface area contributed by atoms with Crippen LogP contribution in [-0.2, 0) is 15.0 Å². The van der Waals surface area contributed by atoms with Crippen molar-refractivity contribution in [1.29, 1.82) is 0 Å². The fourth-order valence-corrected chi connectivity index (χ4v) is 7.71. The maximum atomic E-state index is 15.1. The Bertz CT molecular complexity index is 1790. The van der Waals surface area contributed by atoms with E-state index in [4.69, 9.17) is 9.98 Å². The van der Waals surface area contributed by atoms with E-state index in [1.165, 1.54) is 38.2 Å². The Balaban J connectivity index is 0.000000924. The fourth-order valence-electron chi connectivity index (χ4n) is 7.71. The summed E-state index contributed by atoms with van der Waals surface area (Å²) in [6, 6.07) is 8.65. The molecule has 8 heteroatoms. The summed E-state index contributed by atoms with van der Waals surface area (Å²) in [4.78, 5) is 38.6. The van der Waals surface area contributed by atoms with Crippen LogP contribution in [0.1, 0.15) is 191 Å².